The number of hydrogen-bond acceptors (Lipinski definition) is 4. The molecule has 0 heterocycles. The van der Waals surface area contributed by atoms with Gasteiger partial charge in [0.05, 0.1) is 32.0 Å². The van der Waals surface area contributed by atoms with Crippen molar-refractivity contribution in [1.29, 1.82) is 5.26 Å². The van der Waals surface area contributed by atoms with E-state index < -0.39 is 0 Å². The van der Waals surface area contributed by atoms with Crippen molar-refractivity contribution in [3.8, 4) is 6.07 Å². The summed E-state index contributed by atoms with van der Waals surface area (Å²) >= 11 is 0. The highest BCUT2D eigenvalue weighted by Crippen LogP contribution is 2.19. The second-order valence-corrected chi connectivity index (χ2v) is 4.12. The van der Waals surface area contributed by atoms with Gasteiger partial charge in [-0.25, -0.2) is 0 Å². The van der Waals surface area contributed by atoms with E-state index in [1.807, 2.05) is 13.8 Å². The first-order valence-corrected chi connectivity index (χ1v) is 5.57. The maximum absolute atomic E-state index is 8.82. The summed E-state index contributed by atoms with van der Waals surface area (Å²) in [6.07, 6.45) is 2.62. The largest absolute Gasteiger partial charge is 0.376 e. The van der Waals surface area contributed by atoms with E-state index in [0.717, 1.165) is 0 Å². The van der Waals surface area contributed by atoms with Crippen molar-refractivity contribution in [2.75, 3.05) is 19.8 Å². The minimum Gasteiger partial charge on any atom is -0.376 e. The van der Waals surface area contributed by atoms with Crippen LogP contribution in [0.2, 0.25) is 0 Å². The average Bonchev–Trinajstić information content (AvgIpc) is 2.99. The molecule has 0 saturated heterocycles. The van der Waals surface area contributed by atoms with Gasteiger partial charge in [-0.05, 0) is 26.7 Å². The zero-order valence-corrected chi connectivity index (χ0v) is 9.53. The van der Waals surface area contributed by atoms with Crippen LogP contribution in [0.15, 0.2) is 0 Å². The molecule has 1 atom stereocenters. The Hall–Kier alpha value is -0.630. The Balaban J connectivity index is 1.94. The summed E-state index contributed by atoms with van der Waals surface area (Å²) in [4.78, 5) is 0. The number of nitrogens with one attached hydrogen (secondary N) is 1. The molecule has 0 aromatic rings. The van der Waals surface area contributed by atoms with Crippen molar-refractivity contribution in [2.45, 2.75) is 44.9 Å². The summed E-state index contributed by atoms with van der Waals surface area (Å²) in [6, 6.07) is 2.57. The third-order valence-corrected chi connectivity index (χ3v) is 2.13. The van der Waals surface area contributed by atoms with Gasteiger partial charge in [0.15, 0.2) is 0 Å². The van der Waals surface area contributed by atoms with Crippen molar-refractivity contribution in [3.63, 3.8) is 0 Å². The number of ether oxygens (including phenoxy) is 2. The van der Waals surface area contributed by atoms with Gasteiger partial charge < -0.3 is 9.47 Å². The summed E-state index contributed by atoms with van der Waals surface area (Å²) in [7, 11) is 0. The summed E-state index contributed by atoms with van der Waals surface area (Å²) in [6.45, 7) is 5.59. The van der Waals surface area contributed by atoms with Crippen molar-refractivity contribution in [3.05, 3.63) is 0 Å². The highest BCUT2D eigenvalue weighted by molar-refractivity contribution is 4.95. The van der Waals surface area contributed by atoms with Crippen LogP contribution in [0.1, 0.15) is 26.7 Å². The number of nitriles is 1. The van der Waals surface area contributed by atoms with E-state index in [4.69, 9.17) is 14.7 Å². The van der Waals surface area contributed by atoms with Gasteiger partial charge in [0.25, 0.3) is 0 Å². The van der Waals surface area contributed by atoms with Gasteiger partial charge in [0.2, 0.25) is 0 Å². The Labute approximate surface area is 91.6 Å². The monoisotopic (exact) mass is 212 g/mol. The standard InChI is InChI=1S/C11H20N2O2/c1-9(2)15-6-5-14-8-11(7-12)13-10-3-4-10/h9-11,13H,3-6,8H2,1-2H3. The number of nitrogens with zero attached hydrogens (tertiary/aromatic N) is 1. The van der Waals surface area contributed by atoms with E-state index in [9.17, 15) is 0 Å². The van der Waals surface area contributed by atoms with Gasteiger partial charge in [-0.2, -0.15) is 5.26 Å². The lowest BCUT2D eigenvalue weighted by molar-refractivity contribution is 0.0169. The maximum atomic E-state index is 8.82. The van der Waals surface area contributed by atoms with Crippen molar-refractivity contribution >= 4 is 0 Å². The molecule has 1 rings (SSSR count). The van der Waals surface area contributed by atoms with Crippen LogP contribution in [-0.4, -0.2) is 38.0 Å². The van der Waals surface area contributed by atoms with Crippen molar-refractivity contribution < 1.29 is 9.47 Å². The molecule has 0 aromatic carbocycles. The van der Waals surface area contributed by atoms with Crippen LogP contribution in [0.5, 0.6) is 0 Å². The molecule has 0 aliphatic heterocycles. The molecule has 0 aromatic heterocycles. The second kappa shape index (κ2) is 6.78. The van der Waals surface area contributed by atoms with Crippen LogP contribution >= 0.6 is 0 Å². The average molecular weight is 212 g/mol. The molecule has 1 aliphatic carbocycles. The highest BCUT2D eigenvalue weighted by atomic mass is 16.5. The van der Waals surface area contributed by atoms with E-state index in [2.05, 4.69) is 11.4 Å². The first-order chi connectivity index (χ1) is 7.22. The van der Waals surface area contributed by atoms with Crippen molar-refractivity contribution in [1.82, 2.24) is 5.32 Å². The van der Waals surface area contributed by atoms with Crippen LogP contribution in [0.4, 0.5) is 0 Å². The molecule has 0 spiro atoms. The third-order valence-electron chi connectivity index (χ3n) is 2.13. The molecule has 0 bridgehead atoms. The van der Waals surface area contributed by atoms with Crippen LogP contribution in [-0.2, 0) is 9.47 Å². The zero-order chi connectivity index (χ0) is 11.1. The fourth-order valence-corrected chi connectivity index (χ4v) is 1.20. The highest BCUT2D eigenvalue weighted by Gasteiger charge is 2.24. The lowest BCUT2D eigenvalue weighted by Crippen LogP contribution is -2.34. The van der Waals surface area contributed by atoms with Gasteiger partial charge in [-0.15, -0.1) is 0 Å². The molecule has 4 nitrogen and oxygen atoms in total. The zero-order valence-electron chi connectivity index (χ0n) is 9.53. The molecule has 1 fully saturated rings. The molecule has 15 heavy (non-hydrogen) atoms. The van der Waals surface area contributed by atoms with Crippen molar-refractivity contribution in [2.24, 2.45) is 0 Å². The second-order valence-electron chi connectivity index (χ2n) is 4.12. The minimum atomic E-state index is -0.170. The third kappa shape index (κ3) is 6.45. The Bertz CT molecular complexity index is 209. The molecule has 1 saturated carbocycles. The van der Waals surface area contributed by atoms with Crippen LogP contribution < -0.4 is 5.32 Å². The van der Waals surface area contributed by atoms with Crippen LogP contribution in [0, 0.1) is 11.3 Å². The molecular weight excluding hydrogens is 192 g/mol. The minimum absolute atomic E-state index is 0.170. The predicted molar refractivity (Wildman–Crippen MR) is 57.5 cm³/mol. The summed E-state index contributed by atoms with van der Waals surface area (Å²) in [5.74, 6) is 0. The Morgan fingerprint density at radius 3 is 2.67 bits per heavy atom. The van der Waals surface area contributed by atoms with Gasteiger partial charge >= 0.3 is 0 Å². The van der Waals surface area contributed by atoms with Gasteiger partial charge in [-0.3, -0.25) is 5.32 Å². The van der Waals surface area contributed by atoms with E-state index in [-0.39, 0.29) is 12.1 Å². The SMILES string of the molecule is CC(C)OCCOCC(C#N)NC1CC1. The number of rotatable bonds is 8. The Kier molecular flexibility index (Phi) is 5.62. The lowest BCUT2D eigenvalue weighted by Gasteiger charge is -2.12. The van der Waals surface area contributed by atoms with Crippen LogP contribution in [0.3, 0.4) is 0 Å². The smallest absolute Gasteiger partial charge is 0.119 e. The van der Waals surface area contributed by atoms with E-state index in [1.165, 1.54) is 12.8 Å². The normalized spacial score (nSPS) is 17.7. The number of hydrogen-bond donors (Lipinski definition) is 1. The maximum Gasteiger partial charge on any atom is 0.119 e. The molecule has 1 unspecified atom stereocenters. The van der Waals surface area contributed by atoms with E-state index in [0.29, 0.717) is 25.9 Å². The lowest BCUT2D eigenvalue weighted by atomic mass is 10.3. The van der Waals surface area contributed by atoms with Gasteiger partial charge in [0.1, 0.15) is 6.04 Å². The molecule has 1 aliphatic rings. The van der Waals surface area contributed by atoms with Crippen LogP contribution in [0.25, 0.3) is 0 Å². The fraction of sp³-hybridized carbons (Fsp3) is 0.909. The Morgan fingerprint density at radius 2 is 2.13 bits per heavy atom. The summed E-state index contributed by atoms with van der Waals surface area (Å²) < 4.78 is 10.7. The van der Waals surface area contributed by atoms with E-state index >= 15 is 0 Å². The Morgan fingerprint density at radius 1 is 1.40 bits per heavy atom. The fourth-order valence-electron chi connectivity index (χ4n) is 1.20. The molecule has 1 N–H and O–H groups in total. The topological polar surface area (TPSA) is 54.3 Å². The summed E-state index contributed by atoms with van der Waals surface area (Å²) in [5, 5.41) is 12.0. The summed E-state index contributed by atoms with van der Waals surface area (Å²) in [5.41, 5.74) is 0. The molecule has 86 valence electrons. The van der Waals surface area contributed by atoms with Gasteiger partial charge in [-0.1, -0.05) is 0 Å². The van der Waals surface area contributed by atoms with Gasteiger partial charge in [0, 0.05) is 6.04 Å². The molecule has 0 radical (unpaired) electrons. The van der Waals surface area contributed by atoms with E-state index in [1.54, 1.807) is 0 Å². The molecule has 4 heteroatoms. The first kappa shape index (κ1) is 12.4. The quantitative estimate of drug-likeness (QED) is 0.611. The first-order valence-electron chi connectivity index (χ1n) is 5.57. The molecular formula is C11H20N2O2. The molecule has 0 amide bonds. The predicted octanol–water partition coefficient (Wildman–Crippen LogP) is 1.07.